The molecule has 0 radical (unpaired) electrons. The zero-order valence-corrected chi connectivity index (χ0v) is 16.7. The number of nitrogens with one attached hydrogen (secondary N) is 1. The number of carbonyl (C=O) groups excluding carboxylic acids is 1. The summed E-state index contributed by atoms with van der Waals surface area (Å²) in [4.78, 5) is 27.7. The lowest BCUT2D eigenvalue weighted by Crippen LogP contribution is -2.49. The maximum absolute atomic E-state index is 13.1. The van der Waals surface area contributed by atoms with Crippen molar-refractivity contribution in [1.29, 1.82) is 0 Å². The van der Waals surface area contributed by atoms with Gasteiger partial charge in [0.05, 0.1) is 0 Å². The lowest BCUT2D eigenvalue weighted by Gasteiger charge is -2.36. The Morgan fingerprint density at radius 2 is 1.82 bits per heavy atom. The molecule has 3 rings (SSSR count). The molecule has 1 aliphatic rings. The van der Waals surface area contributed by atoms with Crippen LogP contribution in [0.15, 0.2) is 30.3 Å². The van der Waals surface area contributed by atoms with Crippen LogP contribution in [0.1, 0.15) is 16.2 Å². The third-order valence-electron chi connectivity index (χ3n) is 4.67. The number of halogens is 1. The predicted octanol–water partition coefficient (Wildman–Crippen LogP) is 1.86. The van der Waals surface area contributed by atoms with Gasteiger partial charge in [0.15, 0.2) is 0 Å². The Morgan fingerprint density at radius 3 is 2.46 bits per heavy atom. The Labute approximate surface area is 165 Å². The highest BCUT2D eigenvalue weighted by molar-refractivity contribution is 5.92. The molecular formula is C20H27FN6O. The molecule has 0 aliphatic carbocycles. The van der Waals surface area contributed by atoms with Crippen LogP contribution in [-0.4, -0.2) is 79.0 Å². The summed E-state index contributed by atoms with van der Waals surface area (Å²) in [6.07, 6.45) is 0. The minimum Gasteiger partial charge on any atom is -0.368 e. The van der Waals surface area contributed by atoms with Crippen molar-refractivity contribution in [3.63, 3.8) is 0 Å². The number of aryl methyl sites for hydroxylation is 1. The molecule has 1 N–H and O–H groups in total. The molecule has 0 bridgehead atoms. The molecule has 8 heteroatoms. The molecule has 1 amide bonds. The average Bonchev–Trinajstić information content (AvgIpc) is 2.67. The Kier molecular flexibility index (Phi) is 6.41. The quantitative estimate of drug-likeness (QED) is 0.818. The fourth-order valence-electron chi connectivity index (χ4n) is 3.13. The average molecular weight is 386 g/mol. The summed E-state index contributed by atoms with van der Waals surface area (Å²) in [5, 5.41) is 3.17. The molecule has 150 valence electrons. The largest absolute Gasteiger partial charge is 0.368 e. The van der Waals surface area contributed by atoms with Crippen molar-refractivity contribution in [1.82, 2.24) is 19.8 Å². The second-order valence-electron chi connectivity index (χ2n) is 7.20. The molecule has 0 saturated carbocycles. The van der Waals surface area contributed by atoms with Crippen molar-refractivity contribution in [3.05, 3.63) is 47.5 Å². The van der Waals surface area contributed by atoms with E-state index in [-0.39, 0.29) is 11.7 Å². The van der Waals surface area contributed by atoms with Gasteiger partial charge in [-0.15, -0.1) is 0 Å². The summed E-state index contributed by atoms with van der Waals surface area (Å²) >= 11 is 0. The first-order chi connectivity index (χ1) is 13.4. The van der Waals surface area contributed by atoms with Gasteiger partial charge in [-0.3, -0.25) is 4.79 Å². The van der Waals surface area contributed by atoms with Gasteiger partial charge in [-0.25, -0.2) is 14.4 Å². The predicted molar refractivity (Wildman–Crippen MR) is 108 cm³/mol. The number of rotatable bonds is 6. The van der Waals surface area contributed by atoms with E-state index in [1.54, 1.807) is 18.2 Å². The van der Waals surface area contributed by atoms with E-state index in [4.69, 9.17) is 0 Å². The van der Waals surface area contributed by atoms with E-state index in [1.165, 1.54) is 12.1 Å². The first-order valence-corrected chi connectivity index (χ1v) is 9.46. The van der Waals surface area contributed by atoms with Gasteiger partial charge in [0.25, 0.3) is 5.91 Å². The molecule has 1 aromatic heterocycles. The number of nitrogens with zero attached hydrogens (tertiary/aromatic N) is 5. The second kappa shape index (κ2) is 8.97. The number of hydrogen-bond donors (Lipinski definition) is 1. The van der Waals surface area contributed by atoms with Gasteiger partial charge in [0.2, 0.25) is 5.95 Å². The highest BCUT2D eigenvalue weighted by atomic mass is 19.1. The Bertz CT molecular complexity index is 803. The third kappa shape index (κ3) is 5.16. The van der Waals surface area contributed by atoms with Gasteiger partial charge < -0.3 is 20.0 Å². The summed E-state index contributed by atoms with van der Waals surface area (Å²) in [5.74, 6) is 0.154. The van der Waals surface area contributed by atoms with Crippen molar-refractivity contribution in [3.8, 4) is 0 Å². The fraction of sp³-hybridized carbons (Fsp3) is 0.450. The molecule has 1 saturated heterocycles. The summed E-state index contributed by atoms with van der Waals surface area (Å²) in [5.41, 5.74) is 2.14. The van der Waals surface area contributed by atoms with Gasteiger partial charge in [-0.05, 0) is 51.4 Å². The summed E-state index contributed by atoms with van der Waals surface area (Å²) in [6.45, 7) is 6.03. The lowest BCUT2D eigenvalue weighted by molar-refractivity contribution is 0.0740. The molecule has 7 nitrogen and oxygen atoms in total. The first kappa shape index (κ1) is 20.0. The highest BCUT2D eigenvalue weighted by Crippen LogP contribution is 2.18. The zero-order chi connectivity index (χ0) is 20.1. The number of amides is 1. The minimum atomic E-state index is -0.244. The standard InChI is InChI=1S/C20H27FN6O/c1-15-14-18(24-20(23-15)22-8-9-25(2)3)19(28)27-12-10-26(11-13-27)17-6-4-16(21)5-7-17/h4-7,14H,8-13H2,1-3H3,(H,22,23,24). The number of piperazine rings is 1. The fourth-order valence-corrected chi connectivity index (χ4v) is 3.13. The monoisotopic (exact) mass is 386 g/mol. The van der Waals surface area contributed by atoms with Crippen molar-refractivity contribution in [2.45, 2.75) is 6.92 Å². The van der Waals surface area contributed by atoms with Crippen molar-refractivity contribution < 1.29 is 9.18 Å². The maximum atomic E-state index is 13.1. The van der Waals surface area contributed by atoms with Crippen LogP contribution in [0, 0.1) is 12.7 Å². The number of aromatic nitrogens is 2. The van der Waals surface area contributed by atoms with Crippen LogP contribution in [-0.2, 0) is 0 Å². The van der Waals surface area contributed by atoms with Gasteiger partial charge in [-0.1, -0.05) is 0 Å². The number of carbonyl (C=O) groups is 1. The molecule has 2 aromatic rings. The smallest absolute Gasteiger partial charge is 0.272 e. The Balaban J connectivity index is 1.61. The number of hydrogen-bond acceptors (Lipinski definition) is 6. The normalized spacial score (nSPS) is 14.5. The van der Waals surface area contributed by atoms with Crippen LogP contribution in [0.25, 0.3) is 0 Å². The van der Waals surface area contributed by atoms with Gasteiger partial charge >= 0.3 is 0 Å². The van der Waals surface area contributed by atoms with Crippen LogP contribution in [0.5, 0.6) is 0 Å². The molecule has 1 aliphatic heterocycles. The SMILES string of the molecule is Cc1cc(C(=O)N2CCN(c3ccc(F)cc3)CC2)nc(NCCN(C)C)n1. The highest BCUT2D eigenvalue weighted by Gasteiger charge is 2.24. The molecule has 28 heavy (non-hydrogen) atoms. The van der Waals surface area contributed by atoms with Crippen LogP contribution >= 0.6 is 0 Å². The zero-order valence-electron chi connectivity index (χ0n) is 16.7. The lowest BCUT2D eigenvalue weighted by atomic mass is 10.2. The van der Waals surface area contributed by atoms with Crippen LogP contribution in [0.4, 0.5) is 16.0 Å². The molecule has 0 unspecified atom stereocenters. The van der Waals surface area contributed by atoms with E-state index in [9.17, 15) is 9.18 Å². The molecule has 2 heterocycles. The minimum absolute atomic E-state index is 0.0834. The second-order valence-corrected chi connectivity index (χ2v) is 7.20. The van der Waals surface area contributed by atoms with E-state index >= 15 is 0 Å². The van der Waals surface area contributed by atoms with Gasteiger partial charge in [-0.2, -0.15) is 0 Å². The topological polar surface area (TPSA) is 64.6 Å². The molecule has 1 aromatic carbocycles. The number of likely N-dealkylation sites (N-methyl/N-ethyl adjacent to an activating group) is 1. The van der Waals surface area contributed by atoms with Crippen LogP contribution in [0.2, 0.25) is 0 Å². The van der Waals surface area contributed by atoms with Crippen LogP contribution in [0.3, 0.4) is 0 Å². The van der Waals surface area contributed by atoms with E-state index < -0.39 is 0 Å². The summed E-state index contributed by atoms with van der Waals surface area (Å²) in [7, 11) is 4.00. The first-order valence-electron chi connectivity index (χ1n) is 9.46. The van der Waals surface area contributed by atoms with E-state index in [2.05, 4.69) is 25.1 Å². The number of anilines is 2. The maximum Gasteiger partial charge on any atom is 0.272 e. The van der Waals surface area contributed by atoms with Gasteiger partial charge in [0, 0.05) is 50.6 Å². The van der Waals surface area contributed by atoms with Crippen molar-refractivity contribution >= 4 is 17.5 Å². The molecule has 0 atom stereocenters. The summed E-state index contributed by atoms with van der Waals surface area (Å²) < 4.78 is 13.1. The van der Waals surface area contributed by atoms with Gasteiger partial charge in [0.1, 0.15) is 11.5 Å². The molecule has 0 spiro atoms. The van der Waals surface area contributed by atoms with Crippen molar-refractivity contribution in [2.24, 2.45) is 0 Å². The third-order valence-corrected chi connectivity index (χ3v) is 4.67. The van der Waals surface area contributed by atoms with E-state index in [0.29, 0.717) is 44.4 Å². The van der Waals surface area contributed by atoms with Crippen molar-refractivity contribution in [2.75, 3.05) is 63.6 Å². The Morgan fingerprint density at radius 1 is 1.14 bits per heavy atom. The molecule has 1 fully saturated rings. The van der Waals surface area contributed by atoms with E-state index in [0.717, 1.165) is 17.9 Å². The van der Waals surface area contributed by atoms with E-state index in [1.807, 2.05) is 25.9 Å². The molecular weight excluding hydrogens is 359 g/mol. The number of benzene rings is 1. The summed E-state index contributed by atoms with van der Waals surface area (Å²) in [6, 6.07) is 8.19. The Hall–Kier alpha value is -2.74. The van der Waals surface area contributed by atoms with Crippen LogP contribution < -0.4 is 10.2 Å².